The van der Waals surface area contributed by atoms with Crippen molar-refractivity contribution >= 4 is 11.7 Å². The fourth-order valence-electron chi connectivity index (χ4n) is 5.31. The molecular formula is C27H35N3O3. The predicted octanol–water partition coefficient (Wildman–Crippen LogP) is 4.56. The van der Waals surface area contributed by atoms with Crippen molar-refractivity contribution in [1.82, 2.24) is 9.88 Å². The Bertz CT molecular complexity index is 975. The van der Waals surface area contributed by atoms with Gasteiger partial charge in [-0.3, -0.25) is 14.7 Å². The SMILES string of the molecule is O=C(O)C(c1ccccc1C1CC1)N1CC[C@@H](OCCCCc2ccc3c(n2)CCCN3)C1. The maximum atomic E-state index is 12.2. The highest BCUT2D eigenvalue weighted by Gasteiger charge is 2.37. The van der Waals surface area contributed by atoms with E-state index in [4.69, 9.17) is 9.72 Å². The summed E-state index contributed by atoms with van der Waals surface area (Å²) in [5, 5.41) is 13.5. The van der Waals surface area contributed by atoms with Crippen LogP contribution in [0.25, 0.3) is 0 Å². The molecule has 2 fully saturated rings. The van der Waals surface area contributed by atoms with Gasteiger partial charge in [0.15, 0.2) is 0 Å². The zero-order chi connectivity index (χ0) is 22.6. The second-order valence-corrected chi connectivity index (χ2v) is 9.70. The Hall–Kier alpha value is -2.44. The second kappa shape index (κ2) is 10.2. The molecule has 1 aromatic carbocycles. The summed E-state index contributed by atoms with van der Waals surface area (Å²) < 4.78 is 6.15. The fraction of sp³-hybridized carbons (Fsp3) is 0.556. The number of ether oxygens (including phenoxy) is 1. The number of carbonyl (C=O) groups is 1. The molecule has 2 N–H and O–H groups in total. The summed E-state index contributed by atoms with van der Waals surface area (Å²) >= 11 is 0. The zero-order valence-electron chi connectivity index (χ0n) is 19.3. The summed E-state index contributed by atoms with van der Waals surface area (Å²) in [6, 6.07) is 11.9. The van der Waals surface area contributed by atoms with E-state index in [1.165, 1.54) is 35.5 Å². The Labute approximate surface area is 196 Å². The molecule has 1 saturated heterocycles. The molecule has 2 aromatic rings. The van der Waals surface area contributed by atoms with Gasteiger partial charge in [0.25, 0.3) is 0 Å². The van der Waals surface area contributed by atoms with E-state index in [-0.39, 0.29) is 6.10 Å². The fourth-order valence-corrected chi connectivity index (χ4v) is 5.31. The molecule has 2 atom stereocenters. The Morgan fingerprint density at radius 3 is 2.91 bits per heavy atom. The van der Waals surface area contributed by atoms with Crippen LogP contribution in [-0.2, 0) is 22.4 Å². The van der Waals surface area contributed by atoms with Gasteiger partial charge in [0, 0.05) is 31.9 Å². The number of unbranched alkanes of at least 4 members (excludes halogenated alkanes) is 1. The Balaban J connectivity index is 1.08. The lowest BCUT2D eigenvalue weighted by molar-refractivity contribution is -0.143. The summed E-state index contributed by atoms with van der Waals surface area (Å²) in [5.74, 6) is -0.213. The lowest BCUT2D eigenvalue weighted by Crippen LogP contribution is -2.34. The van der Waals surface area contributed by atoms with Crippen molar-refractivity contribution in [2.75, 3.05) is 31.6 Å². The molecule has 0 radical (unpaired) electrons. The number of carboxylic acids is 1. The third-order valence-electron chi connectivity index (χ3n) is 7.20. The van der Waals surface area contributed by atoms with Crippen LogP contribution < -0.4 is 5.32 Å². The van der Waals surface area contributed by atoms with Crippen LogP contribution in [-0.4, -0.2) is 53.3 Å². The number of benzene rings is 1. The molecule has 33 heavy (non-hydrogen) atoms. The highest BCUT2D eigenvalue weighted by atomic mass is 16.5. The predicted molar refractivity (Wildman–Crippen MR) is 129 cm³/mol. The van der Waals surface area contributed by atoms with Crippen LogP contribution in [0.4, 0.5) is 5.69 Å². The van der Waals surface area contributed by atoms with Crippen LogP contribution >= 0.6 is 0 Å². The summed E-state index contributed by atoms with van der Waals surface area (Å²) in [6.45, 7) is 3.23. The molecule has 2 aliphatic heterocycles. The average molecular weight is 450 g/mol. The molecule has 0 amide bonds. The molecule has 0 spiro atoms. The van der Waals surface area contributed by atoms with E-state index in [9.17, 15) is 9.90 Å². The molecule has 1 aromatic heterocycles. The number of anilines is 1. The van der Waals surface area contributed by atoms with Gasteiger partial charge in [-0.15, -0.1) is 0 Å². The molecule has 5 rings (SSSR count). The number of aryl methyl sites for hydroxylation is 2. The number of carboxylic acid groups (broad SMARTS) is 1. The van der Waals surface area contributed by atoms with Crippen molar-refractivity contribution in [2.45, 2.75) is 69.4 Å². The minimum atomic E-state index is -0.753. The van der Waals surface area contributed by atoms with E-state index in [0.29, 0.717) is 12.5 Å². The van der Waals surface area contributed by atoms with Crippen LogP contribution in [0.15, 0.2) is 36.4 Å². The molecular weight excluding hydrogens is 414 g/mol. The van der Waals surface area contributed by atoms with Crippen LogP contribution in [0, 0.1) is 0 Å². The molecule has 3 aliphatic rings. The summed E-state index contributed by atoms with van der Waals surface area (Å²) in [7, 11) is 0. The number of pyridine rings is 1. The number of hydrogen-bond acceptors (Lipinski definition) is 5. The summed E-state index contributed by atoms with van der Waals surface area (Å²) in [5.41, 5.74) is 5.76. The highest BCUT2D eigenvalue weighted by Crippen LogP contribution is 2.44. The number of likely N-dealkylation sites (tertiary alicyclic amines) is 1. The minimum absolute atomic E-state index is 0.118. The van der Waals surface area contributed by atoms with Crippen molar-refractivity contribution in [2.24, 2.45) is 0 Å². The van der Waals surface area contributed by atoms with Crippen LogP contribution in [0.3, 0.4) is 0 Å². The third-order valence-corrected chi connectivity index (χ3v) is 7.20. The average Bonchev–Trinajstić information content (AvgIpc) is 3.58. The molecule has 6 nitrogen and oxygen atoms in total. The summed E-state index contributed by atoms with van der Waals surface area (Å²) in [4.78, 5) is 19.1. The van der Waals surface area contributed by atoms with Crippen molar-refractivity contribution in [3.05, 3.63) is 58.9 Å². The zero-order valence-corrected chi connectivity index (χ0v) is 19.3. The maximum Gasteiger partial charge on any atom is 0.325 e. The molecule has 1 unspecified atom stereocenters. The van der Waals surface area contributed by atoms with Crippen LogP contribution in [0.5, 0.6) is 0 Å². The van der Waals surface area contributed by atoms with E-state index in [0.717, 1.165) is 63.8 Å². The lowest BCUT2D eigenvalue weighted by Gasteiger charge is -2.26. The first kappa shape index (κ1) is 22.4. The highest BCUT2D eigenvalue weighted by molar-refractivity contribution is 5.76. The number of aromatic nitrogens is 1. The Morgan fingerprint density at radius 1 is 1.18 bits per heavy atom. The standard InChI is InChI=1S/C27H35N3O3/c31-27(32)26(23-8-2-1-7-22(23)19-10-11-19)30-16-14-21(18-30)33-17-4-3-6-20-12-13-24-25(29-20)9-5-15-28-24/h1-2,7-8,12-13,19,21,26,28H,3-6,9-11,14-18H2,(H,31,32)/t21-,26?/m1/s1. The van der Waals surface area contributed by atoms with Gasteiger partial charge in [0.05, 0.1) is 17.5 Å². The molecule has 6 heteroatoms. The number of fused-ring (bicyclic) bond motifs is 1. The van der Waals surface area contributed by atoms with Crippen LogP contribution in [0.2, 0.25) is 0 Å². The molecule has 1 aliphatic carbocycles. The van der Waals surface area contributed by atoms with E-state index in [1.54, 1.807) is 0 Å². The van der Waals surface area contributed by atoms with Crippen molar-refractivity contribution in [1.29, 1.82) is 0 Å². The number of nitrogens with zero attached hydrogens (tertiary/aromatic N) is 2. The normalized spacial score (nSPS) is 21.4. The molecule has 0 bridgehead atoms. The topological polar surface area (TPSA) is 74.7 Å². The van der Waals surface area contributed by atoms with Gasteiger partial charge in [-0.05, 0) is 80.5 Å². The van der Waals surface area contributed by atoms with Crippen LogP contribution in [0.1, 0.15) is 73.0 Å². The van der Waals surface area contributed by atoms with Crippen molar-refractivity contribution in [3.63, 3.8) is 0 Å². The molecule has 1 saturated carbocycles. The first-order valence-electron chi connectivity index (χ1n) is 12.6. The summed E-state index contributed by atoms with van der Waals surface area (Å²) in [6.07, 6.45) is 8.63. The van der Waals surface area contributed by atoms with Gasteiger partial charge in [-0.2, -0.15) is 0 Å². The maximum absolute atomic E-state index is 12.2. The van der Waals surface area contributed by atoms with Gasteiger partial charge in [0.2, 0.25) is 0 Å². The van der Waals surface area contributed by atoms with E-state index in [2.05, 4.69) is 28.4 Å². The minimum Gasteiger partial charge on any atom is -0.480 e. The van der Waals surface area contributed by atoms with E-state index >= 15 is 0 Å². The lowest BCUT2D eigenvalue weighted by atomic mass is 9.96. The van der Waals surface area contributed by atoms with E-state index in [1.807, 2.05) is 18.2 Å². The first-order chi connectivity index (χ1) is 16.2. The van der Waals surface area contributed by atoms with Gasteiger partial charge in [0.1, 0.15) is 6.04 Å². The van der Waals surface area contributed by atoms with Gasteiger partial charge in [-0.25, -0.2) is 0 Å². The largest absolute Gasteiger partial charge is 0.480 e. The number of nitrogens with one attached hydrogen (secondary N) is 1. The second-order valence-electron chi connectivity index (χ2n) is 9.70. The van der Waals surface area contributed by atoms with Gasteiger partial charge >= 0.3 is 5.97 Å². The third kappa shape index (κ3) is 5.39. The van der Waals surface area contributed by atoms with Gasteiger partial charge in [-0.1, -0.05) is 24.3 Å². The Morgan fingerprint density at radius 2 is 2.06 bits per heavy atom. The number of rotatable bonds is 10. The number of aliphatic carboxylic acids is 1. The molecule has 3 heterocycles. The smallest absolute Gasteiger partial charge is 0.325 e. The molecule has 176 valence electrons. The van der Waals surface area contributed by atoms with E-state index < -0.39 is 12.0 Å². The van der Waals surface area contributed by atoms with Crippen molar-refractivity contribution in [3.8, 4) is 0 Å². The monoisotopic (exact) mass is 449 g/mol. The quantitative estimate of drug-likeness (QED) is 0.518. The Kier molecular flexibility index (Phi) is 6.93. The first-order valence-corrected chi connectivity index (χ1v) is 12.6. The number of hydrogen-bond donors (Lipinski definition) is 2. The van der Waals surface area contributed by atoms with Crippen molar-refractivity contribution < 1.29 is 14.6 Å². The van der Waals surface area contributed by atoms with Gasteiger partial charge < -0.3 is 15.2 Å².